The molecule has 0 fully saturated rings. The van der Waals surface area contributed by atoms with Gasteiger partial charge in [0.1, 0.15) is 12.1 Å². The van der Waals surface area contributed by atoms with Crippen molar-refractivity contribution in [1.29, 1.82) is 0 Å². The Morgan fingerprint density at radius 2 is 1.77 bits per heavy atom. The minimum Gasteiger partial charge on any atom is -0.480 e. The lowest BCUT2D eigenvalue weighted by atomic mass is 10.0. The number of carbonyl (C=O) groups excluding carboxylic acids is 3. The van der Waals surface area contributed by atoms with Gasteiger partial charge in [-0.2, -0.15) is 0 Å². The van der Waals surface area contributed by atoms with Gasteiger partial charge in [0, 0.05) is 18.2 Å². The van der Waals surface area contributed by atoms with Crippen LogP contribution in [0.3, 0.4) is 0 Å². The van der Waals surface area contributed by atoms with Crippen molar-refractivity contribution in [2.75, 3.05) is 6.54 Å². The van der Waals surface area contributed by atoms with E-state index in [0.29, 0.717) is 11.3 Å². The molecule has 31 heavy (non-hydrogen) atoms. The summed E-state index contributed by atoms with van der Waals surface area (Å²) in [7, 11) is 0. The third-order valence-corrected chi connectivity index (χ3v) is 4.39. The van der Waals surface area contributed by atoms with Crippen LogP contribution in [0.25, 0.3) is 0 Å². The van der Waals surface area contributed by atoms with Gasteiger partial charge < -0.3 is 26.0 Å². The van der Waals surface area contributed by atoms with Crippen LogP contribution in [0.2, 0.25) is 0 Å². The maximum Gasteiger partial charge on any atom is 0.326 e. The fourth-order valence-corrected chi connectivity index (χ4v) is 2.88. The summed E-state index contributed by atoms with van der Waals surface area (Å²) in [4.78, 5) is 55.5. The van der Waals surface area contributed by atoms with Gasteiger partial charge in [0.2, 0.25) is 11.8 Å². The second kappa shape index (κ2) is 11.5. The molecule has 2 rings (SSSR count). The Labute approximate surface area is 179 Å². The molecule has 1 aromatic heterocycles. The van der Waals surface area contributed by atoms with Gasteiger partial charge in [-0.1, -0.05) is 32.0 Å². The number of rotatable bonds is 11. The molecule has 0 aliphatic rings. The molecule has 0 bridgehead atoms. The highest BCUT2D eigenvalue weighted by molar-refractivity contribution is 5.97. The van der Waals surface area contributed by atoms with Crippen LogP contribution < -0.4 is 16.0 Å². The van der Waals surface area contributed by atoms with Gasteiger partial charge in [-0.3, -0.25) is 14.4 Å². The molecule has 0 saturated carbocycles. The number of hydrogen-bond acceptors (Lipinski definition) is 5. The highest BCUT2D eigenvalue weighted by atomic mass is 16.4. The average molecular weight is 429 g/mol. The minimum absolute atomic E-state index is 0.0500. The van der Waals surface area contributed by atoms with Crippen LogP contribution in [0.5, 0.6) is 0 Å². The molecule has 5 N–H and O–H groups in total. The first-order valence-electron chi connectivity index (χ1n) is 9.89. The van der Waals surface area contributed by atoms with E-state index in [-0.39, 0.29) is 25.3 Å². The number of aromatic nitrogens is 2. The number of aliphatic carboxylic acids is 1. The molecule has 166 valence electrons. The van der Waals surface area contributed by atoms with E-state index in [0.717, 1.165) is 0 Å². The maximum atomic E-state index is 12.7. The van der Waals surface area contributed by atoms with E-state index in [2.05, 4.69) is 25.9 Å². The molecule has 0 aliphatic heterocycles. The second-order valence-corrected chi connectivity index (χ2v) is 7.46. The number of imidazole rings is 1. The first-order valence-corrected chi connectivity index (χ1v) is 9.89. The van der Waals surface area contributed by atoms with Crippen LogP contribution in [0, 0.1) is 5.92 Å². The number of carboxylic acid groups (broad SMARTS) is 1. The number of benzene rings is 1. The summed E-state index contributed by atoms with van der Waals surface area (Å²) in [6, 6.07) is 6.27. The molecule has 2 aromatic rings. The van der Waals surface area contributed by atoms with Crippen molar-refractivity contribution in [1.82, 2.24) is 25.9 Å². The number of carbonyl (C=O) groups is 4. The Balaban J connectivity index is 2.01. The molecule has 3 amide bonds. The van der Waals surface area contributed by atoms with Gasteiger partial charge >= 0.3 is 5.97 Å². The zero-order valence-corrected chi connectivity index (χ0v) is 17.4. The molecular formula is C21H27N5O5. The van der Waals surface area contributed by atoms with Gasteiger partial charge in [-0.05, 0) is 24.5 Å². The molecule has 1 aromatic carbocycles. The minimum atomic E-state index is -1.15. The van der Waals surface area contributed by atoms with Crippen molar-refractivity contribution in [3.05, 3.63) is 54.1 Å². The van der Waals surface area contributed by atoms with Crippen LogP contribution in [0.1, 0.15) is 36.3 Å². The highest BCUT2D eigenvalue weighted by Gasteiger charge is 2.27. The lowest BCUT2D eigenvalue weighted by Crippen LogP contribution is -2.54. The summed E-state index contributed by atoms with van der Waals surface area (Å²) < 4.78 is 0. The lowest BCUT2D eigenvalue weighted by Gasteiger charge is -2.22. The predicted octanol–water partition coefficient (Wildman–Crippen LogP) is 0.483. The fraction of sp³-hybridized carbons (Fsp3) is 0.381. The molecule has 0 aliphatic carbocycles. The largest absolute Gasteiger partial charge is 0.480 e. The zero-order valence-electron chi connectivity index (χ0n) is 17.4. The van der Waals surface area contributed by atoms with Gasteiger partial charge in [0.05, 0.1) is 18.6 Å². The number of aromatic amines is 1. The van der Waals surface area contributed by atoms with E-state index >= 15 is 0 Å². The quantitative estimate of drug-likeness (QED) is 0.350. The van der Waals surface area contributed by atoms with Crippen molar-refractivity contribution in [2.24, 2.45) is 5.92 Å². The molecule has 0 radical (unpaired) electrons. The van der Waals surface area contributed by atoms with Gasteiger partial charge in [-0.15, -0.1) is 0 Å². The molecule has 0 spiro atoms. The van der Waals surface area contributed by atoms with Crippen LogP contribution >= 0.6 is 0 Å². The van der Waals surface area contributed by atoms with Crippen molar-refractivity contribution in [2.45, 2.75) is 38.8 Å². The monoisotopic (exact) mass is 429 g/mol. The van der Waals surface area contributed by atoms with E-state index in [9.17, 15) is 24.3 Å². The normalized spacial score (nSPS) is 12.6. The van der Waals surface area contributed by atoms with Crippen molar-refractivity contribution < 1.29 is 24.3 Å². The summed E-state index contributed by atoms with van der Waals surface area (Å²) in [6.07, 6.45) is 3.32. The van der Waals surface area contributed by atoms with E-state index in [1.165, 1.54) is 6.33 Å². The average Bonchev–Trinajstić information content (AvgIpc) is 3.24. The van der Waals surface area contributed by atoms with Crippen molar-refractivity contribution in [3.63, 3.8) is 0 Å². The number of nitrogens with zero attached hydrogens (tertiary/aromatic N) is 1. The smallest absolute Gasteiger partial charge is 0.326 e. The number of hydrogen-bond donors (Lipinski definition) is 5. The Morgan fingerprint density at radius 3 is 2.35 bits per heavy atom. The topological polar surface area (TPSA) is 153 Å². The Morgan fingerprint density at radius 1 is 1.06 bits per heavy atom. The number of nitrogens with one attached hydrogen (secondary N) is 4. The van der Waals surface area contributed by atoms with Crippen LogP contribution in [0.15, 0.2) is 42.9 Å². The first kappa shape index (κ1) is 23.6. The summed E-state index contributed by atoms with van der Waals surface area (Å²) in [5, 5.41) is 16.9. The van der Waals surface area contributed by atoms with Gasteiger partial charge in [0.15, 0.2) is 0 Å². The Kier molecular flexibility index (Phi) is 8.74. The standard InChI is InChI=1S/C21H27N5O5/c1-13(2)8-17(21(30)31)26-20(29)16(9-15-10-22-12-24-15)25-18(27)11-23-19(28)14-6-4-3-5-7-14/h3-7,10,12-13,16-17H,8-9,11H2,1-2H3,(H,22,24)(H,23,28)(H,25,27)(H,26,29)(H,30,31)/t16-,17-/m0/s1. The second-order valence-electron chi connectivity index (χ2n) is 7.46. The molecule has 0 saturated heterocycles. The molecule has 1 heterocycles. The molecular weight excluding hydrogens is 402 g/mol. The third-order valence-electron chi connectivity index (χ3n) is 4.39. The predicted molar refractivity (Wildman–Crippen MR) is 112 cm³/mol. The Bertz CT molecular complexity index is 883. The van der Waals surface area contributed by atoms with E-state index in [1.54, 1.807) is 36.5 Å². The van der Waals surface area contributed by atoms with E-state index < -0.39 is 35.8 Å². The summed E-state index contributed by atoms with van der Waals surface area (Å²) in [5.74, 6) is -2.75. The highest BCUT2D eigenvalue weighted by Crippen LogP contribution is 2.07. The van der Waals surface area contributed by atoms with Crippen LogP contribution in [0.4, 0.5) is 0 Å². The number of amides is 3. The third kappa shape index (κ3) is 7.92. The van der Waals surface area contributed by atoms with Crippen LogP contribution in [-0.2, 0) is 20.8 Å². The fourth-order valence-electron chi connectivity index (χ4n) is 2.88. The summed E-state index contributed by atoms with van der Waals surface area (Å²) in [6.45, 7) is 3.35. The Hall–Kier alpha value is -3.69. The van der Waals surface area contributed by atoms with E-state index in [1.807, 2.05) is 13.8 Å². The summed E-state index contributed by atoms with van der Waals surface area (Å²) >= 11 is 0. The van der Waals surface area contributed by atoms with E-state index in [4.69, 9.17) is 0 Å². The molecule has 10 nitrogen and oxygen atoms in total. The van der Waals surface area contributed by atoms with Crippen LogP contribution in [-0.4, -0.2) is 57.4 Å². The van der Waals surface area contributed by atoms with Crippen molar-refractivity contribution in [3.8, 4) is 0 Å². The van der Waals surface area contributed by atoms with Gasteiger partial charge in [-0.25, -0.2) is 9.78 Å². The number of H-pyrrole nitrogens is 1. The summed E-state index contributed by atoms with van der Waals surface area (Å²) in [5.41, 5.74) is 0.920. The molecule has 0 unspecified atom stereocenters. The van der Waals surface area contributed by atoms with Crippen molar-refractivity contribution >= 4 is 23.7 Å². The van der Waals surface area contributed by atoms with Gasteiger partial charge in [0.25, 0.3) is 5.91 Å². The first-order chi connectivity index (χ1) is 14.8. The SMILES string of the molecule is CC(C)C[C@H](NC(=O)[C@H](Cc1c[nH]cn1)NC(=O)CNC(=O)c1ccccc1)C(=O)O. The maximum absolute atomic E-state index is 12.7. The number of carboxylic acids is 1. The molecule has 2 atom stereocenters. The lowest BCUT2D eigenvalue weighted by molar-refractivity contribution is -0.142. The molecule has 10 heteroatoms. The zero-order chi connectivity index (χ0) is 22.8.